The summed E-state index contributed by atoms with van der Waals surface area (Å²) in [6.45, 7) is 3.74. The van der Waals surface area contributed by atoms with Gasteiger partial charge in [0.05, 0.1) is 6.20 Å². The summed E-state index contributed by atoms with van der Waals surface area (Å²) in [5, 5.41) is 3.71. The van der Waals surface area contributed by atoms with Crippen LogP contribution in [0.1, 0.15) is 12.8 Å². The zero-order valence-electron chi connectivity index (χ0n) is 11.5. The minimum atomic E-state index is 0.586. The van der Waals surface area contributed by atoms with Crippen molar-refractivity contribution in [1.29, 1.82) is 0 Å². The lowest BCUT2D eigenvalue weighted by Gasteiger charge is -2.45. The van der Waals surface area contributed by atoms with Crippen molar-refractivity contribution >= 4 is 5.69 Å². The Kier molecular flexibility index (Phi) is 2.96. The number of aromatic nitrogens is 1. The highest BCUT2D eigenvalue weighted by atomic mass is 16.3. The molecule has 3 saturated heterocycles. The van der Waals surface area contributed by atoms with E-state index in [0.717, 1.165) is 17.2 Å². The van der Waals surface area contributed by atoms with Gasteiger partial charge >= 0.3 is 0 Å². The van der Waals surface area contributed by atoms with E-state index in [-0.39, 0.29) is 0 Å². The van der Waals surface area contributed by atoms with Gasteiger partial charge in [-0.25, -0.2) is 4.98 Å². The Morgan fingerprint density at radius 1 is 1.25 bits per heavy atom. The van der Waals surface area contributed by atoms with Gasteiger partial charge in [-0.2, -0.15) is 0 Å². The minimum Gasteiger partial charge on any atom is -0.444 e. The van der Waals surface area contributed by atoms with Gasteiger partial charge in [0.25, 0.3) is 0 Å². The van der Waals surface area contributed by atoms with E-state index in [2.05, 4.69) is 39.5 Å². The van der Waals surface area contributed by atoms with Gasteiger partial charge in [0, 0.05) is 23.8 Å². The molecule has 4 heterocycles. The third-order valence-electron chi connectivity index (χ3n) is 4.59. The van der Waals surface area contributed by atoms with Crippen LogP contribution in [-0.4, -0.2) is 35.6 Å². The minimum absolute atomic E-state index is 0.586. The maximum absolute atomic E-state index is 5.37. The summed E-state index contributed by atoms with van der Waals surface area (Å²) in [6.07, 6.45) is 5.90. The van der Waals surface area contributed by atoms with Crippen LogP contribution >= 0.6 is 0 Å². The molecule has 4 nitrogen and oxygen atoms in total. The monoisotopic (exact) mass is 269 g/mol. The third kappa shape index (κ3) is 2.20. The van der Waals surface area contributed by atoms with Crippen molar-refractivity contribution in [2.75, 3.05) is 25.0 Å². The summed E-state index contributed by atoms with van der Waals surface area (Å²) < 4.78 is 5.37. The Balaban J connectivity index is 1.53. The second kappa shape index (κ2) is 4.94. The fourth-order valence-electron chi connectivity index (χ4n) is 3.46. The molecule has 1 aromatic heterocycles. The molecule has 0 spiro atoms. The number of piperidine rings is 3. The maximum atomic E-state index is 5.37. The van der Waals surface area contributed by atoms with E-state index in [9.17, 15) is 0 Å². The highest BCUT2D eigenvalue weighted by Gasteiger charge is 2.33. The molecular formula is C16H19N3O. The molecule has 4 heteroatoms. The summed E-state index contributed by atoms with van der Waals surface area (Å²) in [5.41, 5.74) is 2.26. The average Bonchev–Trinajstić information content (AvgIpc) is 3.03. The van der Waals surface area contributed by atoms with Crippen LogP contribution in [0.2, 0.25) is 0 Å². The Morgan fingerprint density at radius 3 is 2.85 bits per heavy atom. The summed E-state index contributed by atoms with van der Waals surface area (Å²) in [6, 6.07) is 9.00. The Hall–Kier alpha value is -1.81. The first-order chi connectivity index (χ1) is 9.88. The number of hydrogen-bond donors (Lipinski definition) is 1. The molecule has 20 heavy (non-hydrogen) atoms. The number of rotatable bonds is 3. The molecule has 0 aliphatic carbocycles. The lowest BCUT2D eigenvalue weighted by atomic mass is 9.84. The molecule has 3 aliphatic rings. The molecule has 1 aromatic carbocycles. The van der Waals surface area contributed by atoms with E-state index in [1.165, 1.54) is 44.6 Å². The van der Waals surface area contributed by atoms with Crippen LogP contribution in [0.25, 0.3) is 11.3 Å². The lowest BCUT2D eigenvalue weighted by Crippen LogP contribution is -2.53. The van der Waals surface area contributed by atoms with Crippen LogP contribution in [-0.2, 0) is 0 Å². The quantitative estimate of drug-likeness (QED) is 0.930. The van der Waals surface area contributed by atoms with Gasteiger partial charge in [0.15, 0.2) is 12.2 Å². The van der Waals surface area contributed by atoms with Crippen molar-refractivity contribution in [1.82, 2.24) is 9.88 Å². The van der Waals surface area contributed by atoms with E-state index in [4.69, 9.17) is 4.42 Å². The molecule has 104 valence electrons. The summed E-state index contributed by atoms with van der Waals surface area (Å²) in [7, 11) is 0. The predicted octanol–water partition coefficient (Wildman–Crippen LogP) is 2.85. The third-order valence-corrected chi connectivity index (χ3v) is 4.59. The summed E-state index contributed by atoms with van der Waals surface area (Å²) in [4.78, 5) is 6.55. The van der Waals surface area contributed by atoms with Crippen molar-refractivity contribution < 1.29 is 4.42 Å². The van der Waals surface area contributed by atoms with Gasteiger partial charge in [0.2, 0.25) is 0 Å². The first-order valence-electron chi connectivity index (χ1n) is 7.36. The van der Waals surface area contributed by atoms with Crippen molar-refractivity contribution in [3.63, 3.8) is 0 Å². The average molecular weight is 269 g/mol. The van der Waals surface area contributed by atoms with E-state index in [0.29, 0.717) is 6.04 Å². The zero-order valence-corrected chi connectivity index (χ0v) is 11.5. The SMILES string of the molecule is c1cc(NC2CN3CCC2CC3)cc(-c2cnco2)c1. The Morgan fingerprint density at radius 2 is 2.15 bits per heavy atom. The summed E-state index contributed by atoms with van der Waals surface area (Å²) >= 11 is 0. The van der Waals surface area contributed by atoms with Crippen LogP contribution in [0.15, 0.2) is 41.3 Å². The van der Waals surface area contributed by atoms with E-state index < -0.39 is 0 Å². The highest BCUT2D eigenvalue weighted by Crippen LogP contribution is 2.30. The fourth-order valence-corrected chi connectivity index (χ4v) is 3.46. The van der Waals surface area contributed by atoms with Crippen LogP contribution in [0, 0.1) is 5.92 Å². The van der Waals surface area contributed by atoms with Crippen LogP contribution in [0.5, 0.6) is 0 Å². The van der Waals surface area contributed by atoms with Crippen molar-refractivity contribution in [3.8, 4) is 11.3 Å². The largest absolute Gasteiger partial charge is 0.444 e. The maximum Gasteiger partial charge on any atom is 0.181 e. The van der Waals surface area contributed by atoms with Gasteiger partial charge < -0.3 is 14.6 Å². The molecule has 2 aromatic rings. The number of fused-ring (bicyclic) bond motifs is 3. The van der Waals surface area contributed by atoms with Gasteiger partial charge in [-0.3, -0.25) is 0 Å². The van der Waals surface area contributed by atoms with Gasteiger partial charge in [0.1, 0.15) is 0 Å². The normalized spacial score (nSPS) is 28.5. The molecular weight excluding hydrogens is 250 g/mol. The number of benzene rings is 1. The van der Waals surface area contributed by atoms with E-state index >= 15 is 0 Å². The van der Waals surface area contributed by atoms with Gasteiger partial charge in [-0.1, -0.05) is 12.1 Å². The molecule has 3 aliphatic heterocycles. The van der Waals surface area contributed by atoms with Crippen molar-refractivity contribution in [3.05, 3.63) is 36.9 Å². The Labute approximate surface area is 118 Å². The van der Waals surface area contributed by atoms with Crippen molar-refractivity contribution in [2.45, 2.75) is 18.9 Å². The van der Waals surface area contributed by atoms with Gasteiger partial charge in [-0.05, 0) is 44.0 Å². The molecule has 2 bridgehead atoms. The van der Waals surface area contributed by atoms with Crippen LogP contribution < -0.4 is 5.32 Å². The fraction of sp³-hybridized carbons (Fsp3) is 0.438. The van der Waals surface area contributed by atoms with Crippen molar-refractivity contribution in [2.24, 2.45) is 5.92 Å². The molecule has 0 saturated carbocycles. The number of oxazole rings is 1. The predicted molar refractivity (Wildman–Crippen MR) is 78.5 cm³/mol. The molecule has 0 amide bonds. The molecule has 5 rings (SSSR count). The molecule has 0 radical (unpaired) electrons. The first-order valence-corrected chi connectivity index (χ1v) is 7.36. The molecule has 1 N–H and O–H groups in total. The lowest BCUT2D eigenvalue weighted by molar-refractivity contribution is 0.0975. The number of nitrogens with one attached hydrogen (secondary N) is 1. The van der Waals surface area contributed by atoms with E-state index in [1.807, 2.05) is 0 Å². The van der Waals surface area contributed by atoms with Gasteiger partial charge in [-0.15, -0.1) is 0 Å². The topological polar surface area (TPSA) is 41.3 Å². The van der Waals surface area contributed by atoms with E-state index in [1.54, 1.807) is 6.20 Å². The summed E-state index contributed by atoms with van der Waals surface area (Å²) in [5.74, 6) is 1.65. The first kappa shape index (κ1) is 12.0. The molecule has 1 atom stereocenters. The molecule has 3 fully saturated rings. The number of anilines is 1. The number of nitrogens with zero attached hydrogens (tertiary/aromatic N) is 2. The Bertz CT molecular complexity index is 573. The van der Waals surface area contributed by atoms with Crippen LogP contribution in [0.3, 0.4) is 0 Å². The standard InChI is InChI=1S/C16H19N3O/c1-2-13(16-9-17-11-20-16)8-14(3-1)18-15-10-19-6-4-12(15)5-7-19/h1-3,8-9,11-12,15,18H,4-7,10H2. The molecule has 1 unspecified atom stereocenters. The highest BCUT2D eigenvalue weighted by molar-refractivity contribution is 5.63. The second-order valence-corrected chi connectivity index (χ2v) is 5.84. The smallest absolute Gasteiger partial charge is 0.181 e. The second-order valence-electron chi connectivity index (χ2n) is 5.84. The zero-order chi connectivity index (χ0) is 13.4. The van der Waals surface area contributed by atoms with Crippen LogP contribution in [0.4, 0.5) is 5.69 Å². The number of hydrogen-bond acceptors (Lipinski definition) is 4.